The third-order valence-corrected chi connectivity index (χ3v) is 5.18. The van der Waals surface area contributed by atoms with Crippen LogP contribution in [0.25, 0.3) is 0 Å². The van der Waals surface area contributed by atoms with Gasteiger partial charge in [-0.1, -0.05) is 48.2 Å². The summed E-state index contributed by atoms with van der Waals surface area (Å²) in [5.74, 6) is 0. The van der Waals surface area contributed by atoms with Gasteiger partial charge in [0.1, 0.15) is 0 Å². The second kappa shape index (κ2) is 6.41. The van der Waals surface area contributed by atoms with Gasteiger partial charge in [0.05, 0.1) is 4.90 Å². The molecule has 0 unspecified atom stereocenters. The lowest BCUT2D eigenvalue weighted by atomic mass is 10.4. The van der Waals surface area contributed by atoms with E-state index in [2.05, 4.69) is 0 Å². The standard InChI is InChI=1S/C15H12F2O2S2/c16-15(17,11-12-20-13-7-3-1-4-8-13)21(18,19)14-9-5-2-6-10-14/h1-12H/b12-11+. The largest absolute Gasteiger partial charge is 0.369 e. The molecule has 0 saturated heterocycles. The normalized spacial score (nSPS) is 12.7. The zero-order valence-corrected chi connectivity index (χ0v) is 12.5. The van der Waals surface area contributed by atoms with Crippen molar-refractivity contribution in [1.82, 2.24) is 0 Å². The highest BCUT2D eigenvalue weighted by Crippen LogP contribution is 2.31. The van der Waals surface area contributed by atoms with Crippen LogP contribution in [-0.2, 0) is 9.84 Å². The van der Waals surface area contributed by atoms with Crippen LogP contribution in [0, 0.1) is 0 Å². The van der Waals surface area contributed by atoms with E-state index in [1.54, 1.807) is 30.3 Å². The van der Waals surface area contributed by atoms with Gasteiger partial charge in [0.2, 0.25) is 9.84 Å². The fourth-order valence-electron chi connectivity index (χ4n) is 1.54. The SMILES string of the molecule is O=S(=O)(c1ccccc1)C(F)(F)/C=C/Sc1ccccc1. The van der Waals surface area contributed by atoms with Crippen molar-refractivity contribution in [1.29, 1.82) is 0 Å². The maximum Gasteiger partial charge on any atom is 0.369 e. The van der Waals surface area contributed by atoms with E-state index < -0.39 is 20.0 Å². The number of hydrogen-bond donors (Lipinski definition) is 0. The number of rotatable bonds is 5. The van der Waals surface area contributed by atoms with E-state index >= 15 is 0 Å². The van der Waals surface area contributed by atoms with Gasteiger partial charge in [-0.2, -0.15) is 8.78 Å². The molecule has 0 bridgehead atoms. The molecule has 0 aliphatic carbocycles. The molecule has 2 aromatic carbocycles. The lowest BCUT2D eigenvalue weighted by Crippen LogP contribution is -2.26. The summed E-state index contributed by atoms with van der Waals surface area (Å²) in [7, 11) is -4.73. The summed E-state index contributed by atoms with van der Waals surface area (Å²) < 4.78 is 51.6. The highest BCUT2D eigenvalue weighted by Gasteiger charge is 2.43. The van der Waals surface area contributed by atoms with E-state index in [0.29, 0.717) is 6.08 Å². The third-order valence-electron chi connectivity index (χ3n) is 2.62. The molecule has 6 heteroatoms. The molecule has 0 amide bonds. The van der Waals surface area contributed by atoms with Crippen molar-refractivity contribution in [2.75, 3.05) is 0 Å². The van der Waals surface area contributed by atoms with E-state index in [-0.39, 0.29) is 0 Å². The van der Waals surface area contributed by atoms with Crippen molar-refractivity contribution in [3.63, 3.8) is 0 Å². The van der Waals surface area contributed by atoms with Gasteiger partial charge in [-0.15, -0.1) is 0 Å². The molecule has 2 aromatic rings. The summed E-state index contributed by atoms with van der Waals surface area (Å²) in [4.78, 5) is 0.353. The average molecular weight is 326 g/mol. The summed E-state index contributed by atoms with van der Waals surface area (Å²) in [5.41, 5.74) is 0. The third kappa shape index (κ3) is 3.71. The van der Waals surface area contributed by atoms with Gasteiger partial charge in [-0.05, 0) is 29.7 Å². The van der Waals surface area contributed by atoms with Gasteiger partial charge in [0.15, 0.2) is 0 Å². The molecule has 0 aliphatic rings. The minimum absolute atomic E-state index is 0.399. The molecule has 2 nitrogen and oxygen atoms in total. The fraction of sp³-hybridized carbons (Fsp3) is 0.0667. The minimum atomic E-state index is -4.73. The van der Waals surface area contributed by atoms with E-state index in [9.17, 15) is 17.2 Å². The molecule has 0 atom stereocenters. The summed E-state index contributed by atoms with van der Waals surface area (Å²) in [5, 5.41) is -2.86. The smallest absolute Gasteiger partial charge is 0.217 e. The van der Waals surface area contributed by atoms with Crippen molar-refractivity contribution in [3.05, 3.63) is 72.1 Å². The molecule has 2 rings (SSSR count). The Morgan fingerprint density at radius 1 is 0.905 bits per heavy atom. The first-order chi connectivity index (χ1) is 9.93. The van der Waals surface area contributed by atoms with Gasteiger partial charge in [-0.3, -0.25) is 0 Å². The fourth-order valence-corrected chi connectivity index (χ4v) is 3.41. The molecule has 0 fully saturated rings. The molecule has 0 aliphatic heterocycles. The molecule has 110 valence electrons. The highest BCUT2D eigenvalue weighted by molar-refractivity contribution is 8.02. The molecular weight excluding hydrogens is 314 g/mol. The summed E-state index contributed by atoms with van der Waals surface area (Å²) >= 11 is 1.03. The van der Waals surface area contributed by atoms with Crippen molar-refractivity contribution >= 4 is 21.6 Å². The van der Waals surface area contributed by atoms with Crippen LogP contribution in [0.4, 0.5) is 8.78 Å². The average Bonchev–Trinajstić information content (AvgIpc) is 2.49. The first kappa shape index (κ1) is 15.7. The van der Waals surface area contributed by atoms with Crippen LogP contribution in [0.2, 0.25) is 0 Å². The first-order valence-corrected chi connectivity index (χ1v) is 8.37. The zero-order valence-electron chi connectivity index (χ0n) is 10.8. The van der Waals surface area contributed by atoms with Crippen LogP contribution in [0.1, 0.15) is 0 Å². The van der Waals surface area contributed by atoms with Crippen LogP contribution < -0.4 is 0 Å². The Hall–Kier alpha value is -1.66. The number of halogens is 2. The summed E-state index contributed by atoms with van der Waals surface area (Å²) in [6.45, 7) is 0. The quantitative estimate of drug-likeness (QED) is 0.766. The zero-order chi connectivity index (χ0) is 15.3. The lowest BCUT2D eigenvalue weighted by Gasteiger charge is -2.12. The highest BCUT2D eigenvalue weighted by atomic mass is 32.2. The predicted molar refractivity (Wildman–Crippen MR) is 80.0 cm³/mol. The lowest BCUT2D eigenvalue weighted by molar-refractivity contribution is 0.147. The molecule has 0 spiro atoms. The van der Waals surface area contributed by atoms with Crippen molar-refractivity contribution < 1.29 is 17.2 Å². The van der Waals surface area contributed by atoms with Crippen molar-refractivity contribution in [2.45, 2.75) is 15.0 Å². The molecular formula is C15H12F2O2S2. The Morgan fingerprint density at radius 3 is 2.00 bits per heavy atom. The van der Waals surface area contributed by atoms with E-state index in [1.807, 2.05) is 6.07 Å². The van der Waals surface area contributed by atoms with Gasteiger partial charge in [-0.25, -0.2) is 8.42 Å². The number of thioether (sulfide) groups is 1. The van der Waals surface area contributed by atoms with E-state index in [4.69, 9.17) is 0 Å². The Bertz CT molecular complexity index is 712. The molecule has 0 N–H and O–H groups in total. The maximum atomic E-state index is 13.9. The number of alkyl halides is 2. The summed E-state index contributed by atoms with van der Waals surface area (Å²) in [6.07, 6.45) is 0.410. The van der Waals surface area contributed by atoms with Crippen LogP contribution >= 0.6 is 11.8 Å². The molecule has 0 aromatic heterocycles. The van der Waals surface area contributed by atoms with Crippen LogP contribution in [0.15, 0.2) is 81.9 Å². The number of hydrogen-bond acceptors (Lipinski definition) is 3. The Kier molecular flexibility index (Phi) is 4.80. The number of benzene rings is 2. The van der Waals surface area contributed by atoms with E-state index in [1.165, 1.54) is 12.1 Å². The van der Waals surface area contributed by atoms with Crippen LogP contribution in [-0.4, -0.2) is 13.7 Å². The second-order valence-corrected chi connectivity index (χ2v) is 7.11. The van der Waals surface area contributed by atoms with Crippen molar-refractivity contribution in [2.24, 2.45) is 0 Å². The Balaban J connectivity index is 2.18. The minimum Gasteiger partial charge on any atom is -0.217 e. The summed E-state index contributed by atoms with van der Waals surface area (Å²) in [6, 6.07) is 15.5. The second-order valence-electron chi connectivity index (χ2n) is 4.11. The topological polar surface area (TPSA) is 34.1 Å². The van der Waals surface area contributed by atoms with Gasteiger partial charge < -0.3 is 0 Å². The Morgan fingerprint density at radius 2 is 1.43 bits per heavy atom. The predicted octanol–water partition coefficient (Wildman–Crippen LogP) is 4.36. The van der Waals surface area contributed by atoms with Crippen LogP contribution in [0.5, 0.6) is 0 Å². The first-order valence-electron chi connectivity index (χ1n) is 6.00. The molecule has 0 saturated carbocycles. The molecule has 21 heavy (non-hydrogen) atoms. The van der Waals surface area contributed by atoms with E-state index in [0.717, 1.165) is 34.2 Å². The van der Waals surface area contributed by atoms with Gasteiger partial charge in [0.25, 0.3) is 0 Å². The van der Waals surface area contributed by atoms with Crippen LogP contribution in [0.3, 0.4) is 0 Å². The van der Waals surface area contributed by atoms with Gasteiger partial charge in [0, 0.05) is 11.0 Å². The molecule has 0 radical (unpaired) electrons. The maximum absolute atomic E-state index is 13.9. The Labute approximate surface area is 126 Å². The number of sulfone groups is 1. The molecule has 0 heterocycles. The van der Waals surface area contributed by atoms with Gasteiger partial charge >= 0.3 is 5.25 Å². The monoisotopic (exact) mass is 326 g/mol. The van der Waals surface area contributed by atoms with Crippen molar-refractivity contribution in [3.8, 4) is 0 Å².